The molecule has 0 heterocycles. The minimum absolute atomic E-state index is 0.249. The maximum absolute atomic E-state index is 6.44. The fraction of sp³-hybridized carbons (Fsp3) is 0.684. The molecule has 0 amide bonds. The van der Waals surface area contributed by atoms with Gasteiger partial charge in [-0.05, 0) is 51.3 Å². The predicted molar refractivity (Wildman–Crippen MR) is 90.2 cm³/mol. The van der Waals surface area contributed by atoms with Crippen LogP contribution in [-0.4, -0.2) is 18.7 Å². The van der Waals surface area contributed by atoms with Crippen molar-refractivity contribution in [3.63, 3.8) is 0 Å². The maximum Gasteiger partial charge on any atom is 0.125 e. The van der Waals surface area contributed by atoms with E-state index in [1.54, 1.807) is 0 Å². The molecule has 0 radical (unpaired) electrons. The highest BCUT2D eigenvalue weighted by Gasteiger charge is 2.51. The molecule has 3 atom stereocenters. The molecule has 118 valence electrons. The average Bonchev–Trinajstić information content (AvgIpc) is 2.43. The zero-order valence-corrected chi connectivity index (χ0v) is 14.5. The number of ether oxygens (including phenoxy) is 1. The molecule has 1 fully saturated rings. The quantitative estimate of drug-likeness (QED) is 0.829. The zero-order chi connectivity index (χ0) is 15.6. The molecule has 2 rings (SSSR count). The van der Waals surface area contributed by atoms with Gasteiger partial charge in [0.1, 0.15) is 11.9 Å². The van der Waals surface area contributed by atoms with Gasteiger partial charge in [-0.15, -0.1) is 0 Å². The summed E-state index contributed by atoms with van der Waals surface area (Å²) in [6, 6.07) is 5.03. The van der Waals surface area contributed by atoms with Gasteiger partial charge in [0.25, 0.3) is 0 Å². The monoisotopic (exact) mass is 289 g/mol. The highest BCUT2D eigenvalue weighted by atomic mass is 16.5. The van der Waals surface area contributed by atoms with Crippen LogP contribution >= 0.6 is 0 Å². The first-order chi connectivity index (χ1) is 9.92. The number of nitrogens with one attached hydrogen (secondary N) is 1. The van der Waals surface area contributed by atoms with Gasteiger partial charge in [0.2, 0.25) is 0 Å². The van der Waals surface area contributed by atoms with Gasteiger partial charge in [-0.2, -0.15) is 0 Å². The molecule has 0 aromatic heterocycles. The maximum atomic E-state index is 6.44. The molecule has 1 N–H and O–H groups in total. The Bertz CT molecular complexity index is 473. The molecule has 0 aliphatic heterocycles. The molecule has 1 aromatic rings. The van der Waals surface area contributed by atoms with Gasteiger partial charge in [0.05, 0.1) is 0 Å². The summed E-state index contributed by atoms with van der Waals surface area (Å²) >= 11 is 0. The molecular formula is C19H31NO. The minimum atomic E-state index is 0.249. The summed E-state index contributed by atoms with van der Waals surface area (Å²) in [6.45, 7) is 14.4. The van der Waals surface area contributed by atoms with E-state index in [0.29, 0.717) is 12.1 Å². The Morgan fingerprint density at radius 1 is 1.19 bits per heavy atom. The predicted octanol–water partition coefficient (Wildman–Crippen LogP) is 4.55. The molecule has 1 aromatic carbocycles. The Morgan fingerprint density at radius 3 is 2.33 bits per heavy atom. The normalized spacial score (nSPS) is 28.3. The lowest BCUT2D eigenvalue weighted by Gasteiger charge is -2.53. The lowest BCUT2D eigenvalue weighted by Crippen LogP contribution is -2.63. The van der Waals surface area contributed by atoms with Crippen LogP contribution in [0.15, 0.2) is 12.1 Å². The molecule has 0 bridgehead atoms. The molecule has 0 saturated heterocycles. The Morgan fingerprint density at radius 2 is 1.81 bits per heavy atom. The fourth-order valence-corrected chi connectivity index (χ4v) is 3.60. The van der Waals surface area contributed by atoms with E-state index in [0.717, 1.165) is 25.1 Å². The summed E-state index contributed by atoms with van der Waals surface area (Å²) in [4.78, 5) is 0. The first-order valence-electron chi connectivity index (χ1n) is 8.40. The van der Waals surface area contributed by atoms with E-state index < -0.39 is 0 Å². The summed E-state index contributed by atoms with van der Waals surface area (Å²) in [5, 5.41) is 3.68. The summed E-state index contributed by atoms with van der Waals surface area (Å²) in [6.07, 6.45) is 3.80. The Kier molecular flexibility index (Phi) is 4.98. The largest absolute Gasteiger partial charge is 0.489 e. The average molecular weight is 289 g/mol. The van der Waals surface area contributed by atoms with Crippen LogP contribution in [0.4, 0.5) is 0 Å². The van der Waals surface area contributed by atoms with Crippen molar-refractivity contribution < 1.29 is 4.74 Å². The summed E-state index contributed by atoms with van der Waals surface area (Å²) in [5.41, 5.74) is 4.08. The molecule has 0 spiro atoms. The first-order valence-corrected chi connectivity index (χ1v) is 8.40. The summed E-state index contributed by atoms with van der Waals surface area (Å²) in [7, 11) is 0. The standard InChI is InChI=1S/C19H31NO/c1-7-9-20-16-12-17(19(16,6)8-2)21-18-14(4)10-13(3)11-15(18)5/h10-11,16-17,20H,7-9,12H2,1-6H3. The van der Waals surface area contributed by atoms with Crippen LogP contribution < -0.4 is 10.1 Å². The smallest absolute Gasteiger partial charge is 0.125 e. The minimum Gasteiger partial charge on any atom is -0.489 e. The van der Waals surface area contributed by atoms with Crippen LogP contribution in [0, 0.1) is 26.2 Å². The van der Waals surface area contributed by atoms with E-state index in [-0.39, 0.29) is 5.41 Å². The van der Waals surface area contributed by atoms with Gasteiger partial charge < -0.3 is 10.1 Å². The third kappa shape index (κ3) is 3.11. The molecule has 2 nitrogen and oxygen atoms in total. The topological polar surface area (TPSA) is 21.3 Å². The van der Waals surface area contributed by atoms with Crippen LogP contribution in [0.25, 0.3) is 0 Å². The Balaban J connectivity index is 2.11. The van der Waals surface area contributed by atoms with Crippen molar-refractivity contribution in [1.82, 2.24) is 5.32 Å². The van der Waals surface area contributed by atoms with Crippen LogP contribution in [0.5, 0.6) is 5.75 Å². The van der Waals surface area contributed by atoms with Gasteiger partial charge in [-0.1, -0.05) is 38.5 Å². The van der Waals surface area contributed by atoms with E-state index in [2.05, 4.69) is 59.0 Å². The highest BCUT2D eigenvalue weighted by Crippen LogP contribution is 2.46. The molecule has 2 heteroatoms. The van der Waals surface area contributed by atoms with Crippen LogP contribution in [0.2, 0.25) is 0 Å². The van der Waals surface area contributed by atoms with Crippen molar-refractivity contribution in [2.75, 3.05) is 6.54 Å². The van der Waals surface area contributed by atoms with Gasteiger partial charge >= 0.3 is 0 Å². The summed E-state index contributed by atoms with van der Waals surface area (Å²) < 4.78 is 6.44. The second-order valence-corrected chi connectivity index (χ2v) is 6.94. The number of rotatable bonds is 6. The van der Waals surface area contributed by atoms with Crippen LogP contribution in [-0.2, 0) is 0 Å². The van der Waals surface area contributed by atoms with E-state index in [1.165, 1.54) is 23.1 Å². The third-order valence-electron chi connectivity index (χ3n) is 5.25. The number of aryl methyl sites for hydroxylation is 3. The van der Waals surface area contributed by atoms with E-state index in [9.17, 15) is 0 Å². The van der Waals surface area contributed by atoms with Gasteiger partial charge in [-0.3, -0.25) is 0 Å². The molecule has 21 heavy (non-hydrogen) atoms. The van der Waals surface area contributed by atoms with Gasteiger partial charge in [-0.25, -0.2) is 0 Å². The van der Waals surface area contributed by atoms with E-state index in [1.807, 2.05) is 0 Å². The SMILES string of the molecule is CCCNC1CC(Oc2c(C)cc(C)cc2C)C1(C)CC. The van der Waals surface area contributed by atoms with Crippen molar-refractivity contribution in [2.24, 2.45) is 5.41 Å². The van der Waals surface area contributed by atoms with Crippen LogP contribution in [0.3, 0.4) is 0 Å². The molecular weight excluding hydrogens is 258 g/mol. The van der Waals surface area contributed by atoms with E-state index >= 15 is 0 Å². The molecule has 1 aliphatic carbocycles. The fourth-order valence-electron chi connectivity index (χ4n) is 3.60. The van der Waals surface area contributed by atoms with E-state index in [4.69, 9.17) is 4.74 Å². The Hall–Kier alpha value is -1.02. The number of benzene rings is 1. The second-order valence-electron chi connectivity index (χ2n) is 6.94. The molecule has 3 unspecified atom stereocenters. The highest BCUT2D eigenvalue weighted by molar-refractivity contribution is 5.43. The van der Waals surface area contributed by atoms with Crippen molar-refractivity contribution >= 4 is 0 Å². The lowest BCUT2D eigenvalue weighted by atomic mass is 9.61. The number of hydrogen-bond acceptors (Lipinski definition) is 2. The zero-order valence-electron chi connectivity index (χ0n) is 14.5. The third-order valence-corrected chi connectivity index (χ3v) is 5.25. The van der Waals surface area contributed by atoms with Crippen molar-refractivity contribution in [3.05, 3.63) is 28.8 Å². The molecule has 1 saturated carbocycles. The Labute approximate surface area is 130 Å². The first kappa shape index (κ1) is 16.4. The number of hydrogen-bond donors (Lipinski definition) is 1. The van der Waals surface area contributed by atoms with Crippen LogP contribution in [0.1, 0.15) is 56.7 Å². The van der Waals surface area contributed by atoms with Gasteiger partial charge in [0.15, 0.2) is 0 Å². The van der Waals surface area contributed by atoms with Crippen molar-refractivity contribution in [2.45, 2.75) is 73.0 Å². The summed E-state index contributed by atoms with van der Waals surface area (Å²) in [5.74, 6) is 1.10. The van der Waals surface area contributed by atoms with Crippen molar-refractivity contribution in [1.29, 1.82) is 0 Å². The van der Waals surface area contributed by atoms with Crippen molar-refractivity contribution in [3.8, 4) is 5.75 Å². The van der Waals surface area contributed by atoms with Gasteiger partial charge in [0, 0.05) is 17.9 Å². The molecule has 1 aliphatic rings. The lowest BCUT2D eigenvalue weighted by molar-refractivity contribution is -0.0707. The second kappa shape index (κ2) is 6.39.